The van der Waals surface area contributed by atoms with Gasteiger partial charge in [-0.1, -0.05) is 34.6 Å². The van der Waals surface area contributed by atoms with Crippen molar-refractivity contribution in [3.63, 3.8) is 0 Å². The highest BCUT2D eigenvalue weighted by Gasteiger charge is 2.41. The lowest BCUT2D eigenvalue weighted by atomic mass is 9.79. The van der Waals surface area contributed by atoms with E-state index in [0.717, 1.165) is 32.5 Å². The molecule has 1 unspecified atom stereocenters. The van der Waals surface area contributed by atoms with Crippen LogP contribution in [0.25, 0.3) is 0 Å². The Labute approximate surface area is 143 Å². The van der Waals surface area contributed by atoms with E-state index in [0.29, 0.717) is 6.04 Å². The minimum absolute atomic E-state index is 0.183. The van der Waals surface area contributed by atoms with Gasteiger partial charge in [0.15, 0.2) is 0 Å². The second kappa shape index (κ2) is 9.29. The smallest absolute Gasteiger partial charge is 0.0526 e. The first-order valence-electron chi connectivity index (χ1n) is 8.31. The van der Waals surface area contributed by atoms with Gasteiger partial charge in [0, 0.05) is 15.4 Å². The highest BCUT2D eigenvalue weighted by Crippen LogP contribution is 2.41. The molecule has 1 aromatic heterocycles. The van der Waals surface area contributed by atoms with Crippen molar-refractivity contribution in [2.75, 3.05) is 19.6 Å². The number of thiophene rings is 1. The highest BCUT2D eigenvalue weighted by molar-refractivity contribution is 9.10. The lowest BCUT2D eigenvalue weighted by Crippen LogP contribution is -2.56. The van der Waals surface area contributed by atoms with Gasteiger partial charge < -0.3 is 5.32 Å². The number of rotatable bonds is 10. The second-order valence-electron chi connectivity index (χ2n) is 5.55. The molecule has 0 fully saturated rings. The average Bonchev–Trinajstić information content (AvgIpc) is 2.92. The summed E-state index contributed by atoms with van der Waals surface area (Å²) in [5.41, 5.74) is 1.60. The van der Waals surface area contributed by atoms with E-state index in [1.807, 2.05) is 0 Å². The lowest BCUT2D eigenvalue weighted by molar-refractivity contribution is 0.0486. The van der Waals surface area contributed by atoms with Gasteiger partial charge in [-0.05, 0) is 65.8 Å². The lowest BCUT2D eigenvalue weighted by Gasteiger charge is -2.48. The maximum Gasteiger partial charge on any atom is 0.0526 e. The van der Waals surface area contributed by atoms with Crippen molar-refractivity contribution in [1.29, 1.82) is 0 Å². The fourth-order valence-corrected chi connectivity index (χ4v) is 5.07. The maximum absolute atomic E-state index is 3.84. The van der Waals surface area contributed by atoms with E-state index in [4.69, 9.17) is 0 Å². The summed E-state index contributed by atoms with van der Waals surface area (Å²) in [6, 6.07) is 0.382. The molecule has 1 rings (SSSR count). The molecular formula is C17H31BrN2S. The molecule has 0 saturated heterocycles. The first-order valence-corrected chi connectivity index (χ1v) is 10.0. The van der Waals surface area contributed by atoms with Gasteiger partial charge in [-0.25, -0.2) is 0 Å². The van der Waals surface area contributed by atoms with Crippen LogP contribution >= 0.6 is 27.3 Å². The molecule has 2 nitrogen and oxygen atoms in total. The molecule has 21 heavy (non-hydrogen) atoms. The summed E-state index contributed by atoms with van der Waals surface area (Å²) in [7, 11) is 0. The van der Waals surface area contributed by atoms with E-state index in [1.165, 1.54) is 16.5 Å². The Hall–Kier alpha value is 0.1000. The Morgan fingerprint density at radius 3 is 2.14 bits per heavy atom. The molecule has 1 N–H and O–H groups in total. The Kier molecular flexibility index (Phi) is 8.47. The summed E-state index contributed by atoms with van der Waals surface area (Å²) in [6.07, 6.45) is 3.49. The van der Waals surface area contributed by atoms with Crippen LogP contribution in [0.15, 0.2) is 15.2 Å². The van der Waals surface area contributed by atoms with Gasteiger partial charge in [-0.15, -0.1) is 0 Å². The summed E-state index contributed by atoms with van der Waals surface area (Å²) in [5.74, 6) is 0. The minimum Gasteiger partial charge on any atom is -0.308 e. The van der Waals surface area contributed by atoms with Crippen molar-refractivity contribution in [3.8, 4) is 0 Å². The molecule has 0 spiro atoms. The van der Waals surface area contributed by atoms with E-state index >= 15 is 0 Å². The van der Waals surface area contributed by atoms with Gasteiger partial charge in [0.25, 0.3) is 0 Å². The van der Waals surface area contributed by atoms with Crippen molar-refractivity contribution in [2.45, 2.75) is 65.5 Å². The van der Waals surface area contributed by atoms with Gasteiger partial charge >= 0.3 is 0 Å². The summed E-state index contributed by atoms with van der Waals surface area (Å²) < 4.78 is 1.25. The van der Waals surface area contributed by atoms with E-state index < -0.39 is 0 Å². The number of hydrogen-bond acceptors (Lipinski definition) is 3. The zero-order valence-corrected chi connectivity index (χ0v) is 16.6. The molecule has 0 saturated carbocycles. The molecule has 0 aliphatic rings. The molecule has 0 amide bonds. The van der Waals surface area contributed by atoms with Crippen molar-refractivity contribution in [2.24, 2.45) is 0 Å². The zero-order valence-electron chi connectivity index (χ0n) is 14.2. The van der Waals surface area contributed by atoms with Gasteiger partial charge in [0.1, 0.15) is 0 Å². The first kappa shape index (κ1) is 19.1. The third-order valence-corrected chi connectivity index (χ3v) is 6.46. The second-order valence-corrected chi connectivity index (χ2v) is 7.14. The fraction of sp³-hybridized carbons (Fsp3) is 0.765. The SMILES string of the molecule is CCCNC(c1cscc1Br)C(CC)(CC)N(CC)CC. The van der Waals surface area contributed by atoms with Gasteiger partial charge in [0.05, 0.1) is 6.04 Å². The van der Waals surface area contributed by atoms with E-state index in [2.05, 4.69) is 71.5 Å². The fourth-order valence-electron chi connectivity index (χ4n) is 3.52. The van der Waals surface area contributed by atoms with E-state index in [1.54, 1.807) is 11.3 Å². The summed E-state index contributed by atoms with van der Waals surface area (Å²) in [4.78, 5) is 2.64. The van der Waals surface area contributed by atoms with Gasteiger partial charge in [-0.3, -0.25) is 4.90 Å². The molecule has 0 aliphatic carbocycles. The van der Waals surface area contributed by atoms with Gasteiger partial charge in [-0.2, -0.15) is 11.3 Å². The van der Waals surface area contributed by atoms with Crippen LogP contribution in [-0.4, -0.2) is 30.1 Å². The van der Waals surface area contributed by atoms with Crippen molar-refractivity contribution < 1.29 is 0 Å². The molecule has 4 heteroatoms. The normalized spacial score (nSPS) is 13.9. The van der Waals surface area contributed by atoms with Crippen LogP contribution in [0.4, 0.5) is 0 Å². The summed E-state index contributed by atoms with van der Waals surface area (Å²) >= 11 is 5.54. The highest BCUT2D eigenvalue weighted by atomic mass is 79.9. The quantitative estimate of drug-likeness (QED) is 0.585. The molecule has 1 atom stereocenters. The minimum atomic E-state index is 0.183. The number of halogens is 1. The molecule has 0 aliphatic heterocycles. The average molecular weight is 375 g/mol. The molecule has 0 aromatic carbocycles. The Morgan fingerprint density at radius 1 is 1.14 bits per heavy atom. The van der Waals surface area contributed by atoms with Crippen LogP contribution in [0.5, 0.6) is 0 Å². The molecule has 0 radical (unpaired) electrons. The largest absolute Gasteiger partial charge is 0.308 e. The standard InChI is InChI=1S/C17H31BrN2S/c1-6-11-19-16(14-12-21-13-15(14)18)17(7-2,8-3)20(9-4)10-5/h12-13,16,19H,6-11H2,1-5H3. The first-order chi connectivity index (χ1) is 10.1. The summed E-state index contributed by atoms with van der Waals surface area (Å²) in [5, 5.41) is 8.35. The van der Waals surface area contributed by atoms with Crippen LogP contribution in [0.3, 0.4) is 0 Å². The molecule has 122 valence electrons. The van der Waals surface area contributed by atoms with Crippen LogP contribution in [-0.2, 0) is 0 Å². The summed E-state index contributed by atoms with van der Waals surface area (Å²) in [6.45, 7) is 14.7. The Bertz CT molecular complexity index is 397. The third-order valence-electron chi connectivity index (χ3n) is 4.71. The topological polar surface area (TPSA) is 15.3 Å². The third kappa shape index (κ3) is 4.10. The van der Waals surface area contributed by atoms with Crippen molar-refractivity contribution in [1.82, 2.24) is 10.2 Å². The van der Waals surface area contributed by atoms with Crippen LogP contribution in [0.1, 0.15) is 65.5 Å². The van der Waals surface area contributed by atoms with Gasteiger partial charge in [0.2, 0.25) is 0 Å². The molecule has 1 aromatic rings. The van der Waals surface area contributed by atoms with Crippen LogP contribution < -0.4 is 5.32 Å². The Morgan fingerprint density at radius 2 is 1.76 bits per heavy atom. The van der Waals surface area contributed by atoms with Crippen molar-refractivity contribution >= 4 is 27.3 Å². The molecule has 0 bridgehead atoms. The van der Waals surface area contributed by atoms with Crippen LogP contribution in [0.2, 0.25) is 0 Å². The van der Waals surface area contributed by atoms with E-state index in [-0.39, 0.29) is 5.54 Å². The predicted octanol–water partition coefficient (Wildman–Crippen LogP) is 5.45. The van der Waals surface area contributed by atoms with Crippen LogP contribution in [0, 0.1) is 0 Å². The van der Waals surface area contributed by atoms with Crippen molar-refractivity contribution in [3.05, 3.63) is 20.8 Å². The number of nitrogens with zero attached hydrogens (tertiary/aromatic N) is 1. The number of nitrogens with one attached hydrogen (secondary N) is 1. The zero-order chi connectivity index (χ0) is 15.9. The number of likely N-dealkylation sites (N-methyl/N-ethyl adjacent to an activating group) is 1. The maximum atomic E-state index is 3.84. The van der Waals surface area contributed by atoms with E-state index in [9.17, 15) is 0 Å². The Balaban J connectivity index is 3.26. The monoisotopic (exact) mass is 374 g/mol. The predicted molar refractivity (Wildman–Crippen MR) is 99.3 cm³/mol. The molecular weight excluding hydrogens is 344 g/mol. The molecule has 1 heterocycles. The number of hydrogen-bond donors (Lipinski definition) is 1.